The second-order valence-electron chi connectivity index (χ2n) is 5.19. The highest BCUT2D eigenvalue weighted by molar-refractivity contribution is 5.86. The van der Waals surface area contributed by atoms with Crippen molar-refractivity contribution in [3.05, 3.63) is 29.8 Å². The summed E-state index contributed by atoms with van der Waals surface area (Å²) in [6, 6.07) is 6.56. The molecule has 1 aromatic carbocycles. The predicted octanol–water partition coefficient (Wildman–Crippen LogP) is 1.91. The second-order valence-corrected chi connectivity index (χ2v) is 5.19. The number of benzene rings is 1. The lowest BCUT2D eigenvalue weighted by molar-refractivity contribution is -0.146. The third kappa shape index (κ3) is 4.87. The van der Waals surface area contributed by atoms with E-state index >= 15 is 0 Å². The molecule has 0 unspecified atom stereocenters. The molecule has 0 fully saturated rings. The lowest BCUT2D eigenvalue weighted by atomic mass is 9.92. The van der Waals surface area contributed by atoms with E-state index in [0.717, 1.165) is 5.56 Å². The Labute approximate surface area is 129 Å². The molecule has 6 heteroatoms. The van der Waals surface area contributed by atoms with Crippen molar-refractivity contribution in [3.63, 3.8) is 0 Å². The molecule has 0 aliphatic heterocycles. The van der Waals surface area contributed by atoms with Gasteiger partial charge in [-0.2, -0.15) is 0 Å². The van der Waals surface area contributed by atoms with Crippen LogP contribution >= 0.6 is 0 Å². The first-order valence-corrected chi connectivity index (χ1v) is 7.14. The zero-order valence-electron chi connectivity index (χ0n) is 13.0. The minimum atomic E-state index is -1.38. The minimum Gasteiger partial charge on any atom is -0.480 e. The average Bonchev–Trinajstić information content (AvgIpc) is 2.48. The summed E-state index contributed by atoms with van der Waals surface area (Å²) in [7, 11) is 0. The predicted molar refractivity (Wildman–Crippen MR) is 80.5 cm³/mol. The lowest BCUT2D eigenvalue weighted by Crippen LogP contribution is -2.53. The van der Waals surface area contributed by atoms with E-state index in [9.17, 15) is 19.5 Å². The fourth-order valence-corrected chi connectivity index (χ4v) is 1.86. The molecule has 0 saturated carbocycles. The number of hydrogen-bond acceptors (Lipinski definition) is 4. The number of carboxylic acids is 1. The molecule has 0 bridgehead atoms. The molecule has 0 spiro atoms. The average molecular weight is 307 g/mol. The molecule has 0 heterocycles. The number of esters is 1. The van der Waals surface area contributed by atoms with Gasteiger partial charge in [-0.15, -0.1) is 0 Å². The van der Waals surface area contributed by atoms with Crippen LogP contribution < -0.4 is 10.1 Å². The van der Waals surface area contributed by atoms with Gasteiger partial charge in [0.05, 0.1) is 0 Å². The van der Waals surface area contributed by atoms with E-state index in [-0.39, 0.29) is 31.1 Å². The largest absolute Gasteiger partial charge is 0.480 e. The third-order valence-corrected chi connectivity index (χ3v) is 3.21. The van der Waals surface area contributed by atoms with Crippen LogP contribution in [0.15, 0.2) is 24.3 Å². The zero-order valence-corrected chi connectivity index (χ0v) is 13.0. The Balaban J connectivity index is 2.84. The molecule has 0 aliphatic rings. The summed E-state index contributed by atoms with van der Waals surface area (Å²) in [6.07, 6.45) is 0.632. The molecule has 1 rings (SSSR count). The van der Waals surface area contributed by atoms with E-state index in [0.29, 0.717) is 5.75 Å². The number of aliphatic carboxylic acids is 1. The molecule has 120 valence electrons. The van der Waals surface area contributed by atoms with Crippen LogP contribution in [0.3, 0.4) is 0 Å². The van der Waals surface area contributed by atoms with Gasteiger partial charge in [0, 0.05) is 19.3 Å². The van der Waals surface area contributed by atoms with Crippen LogP contribution in [0.5, 0.6) is 5.75 Å². The number of ether oxygens (including phenoxy) is 1. The molecule has 1 aromatic rings. The van der Waals surface area contributed by atoms with Crippen LogP contribution in [0, 0.1) is 0 Å². The zero-order chi connectivity index (χ0) is 16.8. The maximum atomic E-state index is 11.5. The van der Waals surface area contributed by atoms with Crippen molar-refractivity contribution in [2.24, 2.45) is 0 Å². The van der Waals surface area contributed by atoms with Gasteiger partial charge in [-0.1, -0.05) is 26.0 Å². The number of hydrogen-bond donors (Lipinski definition) is 2. The van der Waals surface area contributed by atoms with Gasteiger partial charge in [0.2, 0.25) is 5.91 Å². The summed E-state index contributed by atoms with van der Waals surface area (Å²) in [5.41, 5.74) is -0.660. The molecule has 0 radical (unpaired) electrons. The van der Waals surface area contributed by atoms with Gasteiger partial charge in [0.25, 0.3) is 0 Å². The van der Waals surface area contributed by atoms with Gasteiger partial charge in [-0.25, -0.2) is 4.79 Å². The normalized spacial score (nSPS) is 13.0. The van der Waals surface area contributed by atoms with Gasteiger partial charge in [-0.05, 0) is 24.6 Å². The lowest BCUT2D eigenvalue weighted by Gasteiger charge is -2.26. The molecule has 0 aromatic heterocycles. The molecular formula is C16H21NO5. The topological polar surface area (TPSA) is 92.7 Å². The Morgan fingerprint density at radius 2 is 1.73 bits per heavy atom. The maximum Gasteiger partial charge on any atom is 0.329 e. The quantitative estimate of drug-likeness (QED) is 0.593. The molecule has 1 amide bonds. The molecular weight excluding hydrogens is 286 g/mol. The Morgan fingerprint density at radius 3 is 2.18 bits per heavy atom. The van der Waals surface area contributed by atoms with Crippen LogP contribution in [0.4, 0.5) is 0 Å². The number of carbonyl (C=O) groups is 3. The first kappa shape index (κ1) is 17.7. The highest BCUT2D eigenvalue weighted by Gasteiger charge is 2.34. The van der Waals surface area contributed by atoms with Crippen LogP contribution in [0.2, 0.25) is 0 Å². The standard InChI is InChI=1S/C16H21NO5/c1-4-13(18)17-16(3,15(20)21)10-11-6-8-12(9-7-11)22-14(19)5-2/h6-9H,4-5,10H2,1-3H3,(H,17,18)(H,20,21)/t16-/m0/s1. The van der Waals surface area contributed by atoms with E-state index in [1.54, 1.807) is 38.1 Å². The molecule has 6 nitrogen and oxygen atoms in total. The summed E-state index contributed by atoms with van der Waals surface area (Å²) in [4.78, 5) is 34.1. The summed E-state index contributed by atoms with van der Waals surface area (Å²) >= 11 is 0. The van der Waals surface area contributed by atoms with Crippen LogP contribution in [-0.4, -0.2) is 28.5 Å². The van der Waals surface area contributed by atoms with Crippen molar-refractivity contribution >= 4 is 17.8 Å². The Hall–Kier alpha value is -2.37. The van der Waals surface area contributed by atoms with Crippen molar-refractivity contribution < 1.29 is 24.2 Å². The van der Waals surface area contributed by atoms with Crippen molar-refractivity contribution in [2.75, 3.05) is 0 Å². The highest BCUT2D eigenvalue weighted by Crippen LogP contribution is 2.18. The molecule has 2 N–H and O–H groups in total. The van der Waals surface area contributed by atoms with Crippen LogP contribution in [0.1, 0.15) is 39.2 Å². The van der Waals surface area contributed by atoms with E-state index in [1.165, 1.54) is 6.92 Å². The third-order valence-electron chi connectivity index (χ3n) is 3.21. The fraction of sp³-hybridized carbons (Fsp3) is 0.438. The number of amides is 1. The smallest absolute Gasteiger partial charge is 0.329 e. The molecule has 0 saturated heterocycles. The fourth-order valence-electron chi connectivity index (χ4n) is 1.86. The summed E-state index contributed by atoms with van der Waals surface area (Å²) in [6.45, 7) is 4.83. The van der Waals surface area contributed by atoms with Crippen molar-refractivity contribution in [1.29, 1.82) is 0 Å². The first-order chi connectivity index (χ1) is 10.3. The van der Waals surface area contributed by atoms with Gasteiger partial charge >= 0.3 is 11.9 Å². The monoisotopic (exact) mass is 307 g/mol. The number of carbonyl (C=O) groups excluding carboxylic acids is 2. The van der Waals surface area contributed by atoms with Crippen molar-refractivity contribution in [1.82, 2.24) is 5.32 Å². The van der Waals surface area contributed by atoms with Gasteiger partial charge in [0.15, 0.2) is 0 Å². The molecule has 1 atom stereocenters. The summed E-state index contributed by atoms with van der Waals surface area (Å²) in [5, 5.41) is 11.9. The van der Waals surface area contributed by atoms with Crippen molar-refractivity contribution in [2.45, 2.75) is 45.6 Å². The molecule has 22 heavy (non-hydrogen) atoms. The van der Waals surface area contributed by atoms with Gasteiger partial charge in [-0.3, -0.25) is 9.59 Å². The Morgan fingerprint density at radius 1 is 1.14 bits per heavy atom. The van der Waals surface area contributed by atoms with Crippen molar-refractivity contribution in [3.8, 4) is 5.75 Å². The number of rotatable bonds is 7. The van der Waals surface area contributed by atoms with Crippen LogP contribution in [-0.2, 0) is 20.8 Å². The SMILES string of the molecule is CCC(=O)N[C@@](C)(Cc1ccc(OC(=O)CC)cc1)C(=O)O. The van der Waals surface area contributed by atoms with Crippen LogP contribution in [0.25, 0.3) is 0 Å². The van der Waals surface area contributed by atoms with Gasteiger partial charge < -0.3 is 15.2 Å². The Kier molecular flexibility index (Phi) is 6.10. The highest BCUT2D eigenvalue weighted by atomic mass is 16.5. The Bertz CT molecular complexity index is 552. The van der Waals surface area contributed by atoms with E-state index < -0.39 is 11.5 Å². The van der Waals surface area contributed by atoms with Gasteiger partial charge in [0.1, 0.15) is 11.3 Å². The molecule has 0 aliphatic carbocycles. The first-order valence-electron chi connectivity index (χ1n) is 7.14. The van der Waals surface area contributed by atoms with E-state index in [4.69, 9.17) is 4.74 Å². The number of carboxylic acid groups (broad SMARTS) is 1. The maximum absolute atomic E-state index is 11.5. The van der Waals surface area contributed by atoms with E-state index in [2.05, 4.69) is 5.32 Å². The summed E-state index contributed by atoms with van der Waals surface area (Å²) in [5.74, 6) is -1.35. The van der Waals surface area contributed by atoms with E-state index in [1.807, 2.05) is 0 Å². The summed E-state index contributed by atoms with van der Waals surface area (Å²) < 4.78 is 5.05. The second kappa shape index (κ2) is 7.59. The minimum absolute atomic E-state index is 0.135. The number of nitrogens with one attached hydrogen (secondary N) is 1.